The number of nitrogens with zero attached hydrogens (tertiary/aromatic N) is 4. The summed E-state index contributed by atoms with van der Waals surface area (Å²) in [6.45, 7) is 4.03. The number of ether oxygens (including phenoxy) is 1. The molecule has 10 heteroatoms. The Balaban J connectivity index is 1.24. The van der Waals surface area contributed by atoms with Gasteiger partial charge in [-0.3, -0.25) is 4.79 Å². The summed E-state index contributed by atoms with van der Waals surface area (Å²) in [6.07, 6.45) is 2.16. The zero-order chi connectivity index (χ0) is 23.8. The van der Waals surface area contributed by atoms with Crippen molar-refractivity contribution in [3.63, 3.8) is 0 Å². The van der Waals surface area contributed by atoms with Gasteiger partial charge in [-0.2, -0.15) is 4.98 Å². The van der Waals surface area contributed by atoms with Gasteiger partial charge in [0.1, 0.15) is 10.5 Å². The third kappa shape index (κ3) is 4.47. The van der Waals surface area contributed by atoms with E-state index in [0.29, 0.717) is 55.0 Å². The fourth-order valence-electron chi connectivity index (χ4n) is 4.47. The molecule has 2 saturated heterocycles. The molecule has 1 aromatic carbocycles. The third-order valence-electron chi connectivity index (χ3n) is 6.33. The highest BCUT2D eigenvalue weighted by Crippen LogP contribution is 2.35. The molecule has 2 fully saturated rings. The number of fused-ring (bicyclic) bond motifs is 1. The van der Waals surface area contributed by atoms with E-state index >= 15 is 0 Å². The molecule has 0 amide bonds. The Morgan fingerprint density at radius 3 is 2.69 bits per heavy atom. The van der Waals surface area contributed by atoms with Crippen molar-refractivity contribution in [1.82, 2.24) is 9.97 Å². The van der Waals surface area contributed by atoms with Crippen LogP contribution in [0.3, 0.4) is 0 Å². The lowest BCUT2D eigenvalue weighted by Gasteiger charge is -2.27. The van der Waals surface area contributed by atoms with Gasteiger partial charge in [0, 0.05) is 55.1 Å². The number of β-amino-alcohol motifs (C(OH)–C–C–N with tert-alkyl or cyclic N) is 1. The van der Waals surface area contributed by atoms with Crippen LogP contribution in [-0.4, -0.2) is 60.6 Å². The number of aromatic nitrogens is 2. The van der Waals surface area contributed by atoms with E-state index in [9.17, 15) is 9.90 Å². The number of anilines is 4. The summed E-state index contributed by atoms with van der Waals surface area (Å²) in [4.78, 5) is 25.8. The number of hydrogen-bond acceptors (Lipinski definition) is 10. The van der Waals surface area contributed by atoms with Gasteiger partial charge in [0.15, 0.2) is 11.5 Å². The second kappa shape index (κ2) is 9.29. The zero-order valence-electron chi connectivity index (χ0n) is 19.0. The SMILES string of the molecule is O=c1cc(N2CCOCC2)oc2c(-c3ccc(Nc4nccc(N5CCC(O)C5)n4)cc3)csc12. The Bertz CT molecular complexity index is 1400. The molecular weight excluding hydrogens is 466 g/mol. The molecule has 0 aliphatic carbocycles. The molecule has 6 rings (SSSR count). The van der Waals surface area contributed by atoms with Crippen LogP contribution in [0.2, 0.25) is 0 Å². The van der Waals surface area contributed by atoms with Crippen LogP contribution in [0.4, 0.5) is 23.3 Å². The lowest BCUT2D eigenvalue weighted by atomic mass is 10.1. The quantitative estimate of drug-likeness (QED) is 0.434. The summed E-state index contributed by atoms with van der Waals surface area (Å²) in [5.41, 5.74) is 3.31. The van der Waals surface area contributed by atoms with Gasteiger partial charge >= 0.3 is 0 Å². The number of aliphatic hydroxyl groups excluding tert-OH is 1. The molecule has 9 nitrogen and oxygen atoms in total. The molecule has 0 radical (unpaired) electrons. The molecule has 1 atom stereocenters. The lowest BCUT2D eigenvalue weighted by Crippen LogP contribution is -2.36. The Hall–Kier alpha value is -3.47. The van der Waals surface area contributed by atoms with Crippen LogP contribution in [0.15, 0.2) is 57.2 Å². The van der Waals surface area contributed by atoms with Crippen LogP contribution in [0.1, 0.15) is 6.42 Å². The van der Waals surface area contributed by atoms with E-state index in [2.05, 4.69) is 25.1 Å². The molecule has 1 unspecified atom stereocenters. The topological polar surface area (TPSA) is 104 Å². The van der Waals surface area contributed by atoms with Gasteiger partial charge < -0.3 is 29.4 Å². The van der Waals surface area contributed by atoms with Gasteiger partial charge in [0.25, 0.3) is 0 Å². The lowest BCUT2D eigenvalue weighted by molar-refractivity contribution is 0.121. The molecule has 2 aliphatic heterocycles. The van der Waals surface area contributed by atoms with E-state index in [0.717, 1.165) is 35.6 Å². The smallest absolute Gasteiger partial charge is 0.229 e. The Kier molecular flexibility index (Phi) is 5.85. The summed E-state index contributed by atoms with van der Waals surface area (Å²) in [5.74, 6) is 1.89. The molecular formula is C25H25N5O4S. The van der Waals surface area contributed by atoms with E-state index < -0.39 is 0 Å². The minimum Gasteiger partial charge on any atom is -0.439 e. The first kappa shape index (κ1) is 22.0. The molecule has 0 saturated carbocycles. The van der Waals surface area contributed by atoms with Crippen molar-refractivity contribution in [1.29, 1.82) is 0 Å². The van der Waals surface area contributed by atoms with E-state index in [1.54, 1.807) is 12.3 Å². The molecule has 4 aromatic rings. The van der Waals surface area contributed by atoms with Crippen LogP contribution in [0, 0.1) is 0 Å². The predicted octanol–water partition coefficient (Wildman–Crippen LogP) is 3.46. The Labute approximate surface area is 205 Å². The van der Waals surface area contributed by atoms with Gasteiger partial charge in [-0.15, -0.1) is 11.3 Å². The van der Waals surface area contributed by atoms with Crippen molar-refractivity contribution >= 4 is 45.0 Å². The van der Waals surface area contributed by atoms with Crippen LogP contribution in [-0.2, 0) is 4.74 Å². The maximum Gasteiger partial charge on any atom is 0.229 e. The van der Waals surface area contributed by atoms with Gasteiger partial charge in [-0.1, -0.05) is 12.1 Å². The number of thiophene rings is 1. The number of aliphatic hydroxyl groups is 1. The predicted molar refractivity (Wildman–Crippen MR) is 137 cm³/mol. The standard InChI is InChI=1S/C25H25N5O4S/c31-18-6-8-30(14-18)21-5-7-26-25(28-21)27-17-3-1-16(2-4-17)19-15-35-24-20(32)13-22(34-23(19)24)29-9-11-33-12-10-29/h1-5,7,13,15,18,31H,6,8-12,14H2,(H,26,27,28). The van der Waals surface area contributed by atoms with E-state index in [1.807, 2.05) is 35.7 Å². The molecule has 0 bridgehead atoms. The van der Waals surface area contributed by atoms with Gasteiger partial charge in [0.05, 0.1) is 19.3 Å². The van der Waals surface area contributed by atoms with E-state index in [-0.39, 0.29) is 11.5 Å². The largest absolute Gasteiger partial charge is 0.439 e. The fraction of sp³-hybridized carbons (Fsp3) is 0.320. The number of morpholine rings is 1. The molecule has 0 spiro atoms. The summed E-state index contributed by atoms with van der Waals surface area (Å²) < 4.78 is 12.3. The maximum atomic E-state index is 12.7. The molecule has 180 valence electrons. The average Bonchev–Trinajstić information content (AvgIpc) is 3.52. The molecule has 2 aliphatic rings. The van der Waals surface area contributed by atoms with Crippen molar-refractivity contribution in [3.05, 3.63) is 58.2 Å². The number of rotatable bonds is 5. The van der Waals surface area contributed by atoms with Gasteiger partial charge in [-0.05, 0) is 30.2 Å². The Morgan fingerprint density at radius 1 is 1.09 bits per heavy atom. The van der Waals surface area contributed by atoms with Crippen molar-refractivity contribution in [2.24, 2.45) is 0 Å². The highest BCUT2D eigenvalue weighted by atomic mass is 32.1. The summed E-state index contributed by atoms with van der Waals surface area (Å²) >= 11 is 1.40. The third-order valence-corrected chi connectivity index (χ3v) is 7.31. The minimum atomic E-state index is -0.309. The van der Waals surface area contributed by atoms with Crippen molar-refractivity contribution in [2.45, 2.75) is 12.5 Å². The van der Waals surface area contributed by atoms with E-state index in [1.165, 1.54) is 11.3 Å². The summed E-state index contributed by atoms with van der Waals surface area (Å²) in [7, 11) is 0. The van der Waals surface area contributed by atoms with Crippen molar-refractivity contribution in [2.75, 3.05) is 54.5 Å². The Morgan fingerprint density at radius 2 is 1.91 bits per heavy atom. The maximum absolute atomic E-state index is 12.7. The normalized spacial score (nSPS) is 18.4. The minimum absolute atomic E-state index is 0.0233. The second-order valence-corrected chi connectivity index (χ2v) is 9.56. The number of nitrogens with one attached hydrogen (secondary N) is 1. The molecule has 5 heterocycles. The van der Waals surface area contributed by atoms with E-state index in [4.69, 9.17) is 9.15 Å². The highest BCUT2D eigenvalue weighted by Gasteiger charge is 2.22. The first-order valence-electron chi connectivity index (χ1n) is 11.7. The van der Waals surface area contributed by atoms with Crippen molar-refractivity contribution in [3.8, 4) is 11.1 Å². The van der Waals surface area contributed by atoms with Crippen LogP contribution < -0.4 is 20.5 Å². The van der Waals surface area contributed by atoms with Crippen LogP contribution >= 0.6 is 11.3 Å². The van der Waals surface area contributed by atoms with Crippen molar-refractivity contribution < 1.29 is 14.3 Å². The first-order valence-corrected chi connectivity index (χ1v) is 12.5. The van der Waals surface area contributed by atoms with Crippen LogP contribution in [0.25, 0.3) is 21.4 Å². The number of hydrogen-bond donors (Lipinski definition) is 2. The molecule has 2 N–H and O–H groups in total. The second-order valence-electron chi connectivity index (χ2n) is 8.69. The average molecular weight is 492 g/mol. The highest BCUT2D eigenvalue weighted by molar-refractivity contribution is 7.17. The number of benzene rings is 1. The summed E-state index contributed by atoms with van der Waals surface area (Å²) in [5, 5.41) is 15.0. The first-order chi connectivity index (χ1) is 17.1. The van der Waals surface area contributed by atoms with Gasteiger partial charge in [0.2, 0.25) is 11.4 Å². The van der Waals surface area contributed by atoms with Gasteiger partial charge in [-0.25, -0.2) is 4.98 Å². The molecule has 35 heavy (non-hydrogen) atoms. The zero-order valence-corrected chi connectivity index (χ0v) is 19.8. The summed E-state index contributed by atoms with van der Waals surface area (Å²) in [6, 6.07) is 11.3. The molecule has 3 aromatic heterocycles. The fourth-order valence-corrected chi connectivity index (χ4v) is 5.38. The monoisotopic (exact) mass is 491 g/mol. The van der Waals surface area contributed by atoms with Crippen LogP contribution in [0.5, 0.6) is 0 Å².